The lowest BCUT2D eigenvalue weighted by molar-refractivity contribution is -0.153. The SMILES string of the molecule is CC(=O)O[C@@H]1COCC[C@H]1Nc1ncc2c(F)c(I)c(C3CCC(F)C3)n2n1. The Labute approximate surface area is 174 Å². The van der Waals surface area contributed by atoms with Crippen molar-refractivity contribution < 1.29 is 23.0 Å². The summed E-state index contributed by atoms with van der Waals surface area (Å²) in [5, 5.41) is 7.66. The van der Waals surface area contributed by atoms with Gasteiger partial charge >= 0.3 is 5.97 Å². The number of nitrogens with zero attached hydrogens (tertiary/aromatic N) is 3. The number of hydrogen-bond acceptors (Lipinski definition) is 6. The minimum Gasteiger partial charge on any atom is -0.458 e. The Morgan fingerprint density at radius 1 is 1.43 bits per heavy atom. The van der Waals surface area contributed by atoms with Crippen LogP contribution in [-0.2, 0) is 14.3 Å². The molecule has 0 aromatic carbocycles. The normalized spacial score (nSPS) is 27.9. The first kappa shape index (κ1) is 19.7. The van der Waals surface area contributed by atoms with Crippen molar-refractivity contribution >= 4 is 40.0 Å². The van der Waals surface area contributed by atoms with Crippen molar-refractivity contribution in [1.82, 2.24) is 14.6 Å². The quantitative estimate of drug-likeness (QED) is 0.507. The van der Waals surface area contributed by atoms with Crippen LogP contribution >= 0.6 is 22.6 Å². The maximum absolute atomic E-state index is 14.7. The Morgan fingerprint density at radius 3 is 2.96 bits per heavy atom. The van der Waals surface area contributed by atoms with E-state index in [0.717, 1.165) is 0 Å². The van der Waals surface area contributed by atoms with E-state index in [-0.39, 0.29) is 29.3 Å². The summed E-state index contributed by atoms with van der Waals surface area (Å²) in [5.41, 5.74) is 0.970. The minimum absolute atomic E-state index is 0.0708. The fourth-order valence-corrected chi connectivity index (χ4v) is 4.91. The van der Waals surface area contributed by atoms with Crippen LogP contribution in [-0.4, -0.2) is 52.1 Å². The number of carbonyl (C=O) groups excluding carboxylic acids is 1. The Morgan fingerprint density at radius 2 is 2.25 bits per heavy atom. The molecular weight excluding hydrogens is 485 g/mol. The van der Waals surface area contributed by atoms with Gasteiger partial charge in [0, 0.05) is 19.4 Å². The van der Waals surface area contributed by atoms with E-state index in [1.807, 2.05) is 22.6 Å². The topological polar surface area (TPSA) is 77.8 Å². The molecule has 1 aliphatic carbocycles. The fraction of sp³-hybridized carbons (Fsp3) is 0.611. The van der Waals surface area contributed by atoms with E-state index in [4.69, 9.17) is 9.47 Å². The molecule has 1 saturated heterocycles. The van der Waals surface area contributed by atoms with E-state index in [1.165, 1.54) is 17.6 Å². The largest absolute Gasteiger partial charge is 0.458 e. The number of aromatic nitrogens is 3. The predicted octanol–water partition coefficient (Wildman–Crippen LogP) is 3.21. The Balaban J connectivity index is 1.64. The lowest BCUT2D eigenvalue weighted by atomic mass is 10.0. The van der Waals surface area contributed by atoms with Gasteiger partial charge in [-0.3, -0.25) is 4.79 Å². The van der Waals surface area contributed by atoms with Crippen LogP contribution in [0.5, 0.6) is 0 Å². The smallest absolute Gasteiger partial charge is 0.303 e. The molecule has 1 N–H and O–H groups in total. The highest BCUT2D eigenvalue weighted by Gasteiger charge is 2.33. The van der Waals surface area contributed by atoms with Crippen LogP contribution in [0.4, 0.5) is 14.7 Å². The van der Waals surface area contributed by atoms with Gasteiger partial charge in [-0.15, -0.1) is 5.10 Å². The van der Waals surface area contributed by atoms with Gasteiger partial charge in [-0.2, -0.15) is 0 Å². The summed E-state index contributed by atoms with van der Waals surface area (Å²) in [6.07, 6.45) is 2.27. The van der Waals surface area contributed by atoms with Crippen molar-refractivity contribution in [3.8, 4) is 0 Å². The number of ether oxygens (including phenoxy) is 2. The number of carbonyl (C=O) groups is 1. The zero-order valence-electron chi connectivity index (χ0n) is 15.3. The summed E-state index contributed by atoms with van der Waals surface area (Å²) in [6, 6.07) is -0.209. The number of hydrogen-bond donors (Lipinski definition) is 1. The molecule has 2 aromatic heterocycles. The van der Waals surface area contributed by atoms with Crippen molar-refractivity contribution in [2.24, 2.45) is 0 Å². The van der Waals surface area contributed by atoms with Crippen LogP contribution in [0.25, 0.3) is 5.52 Å². The van der Waals surface area contributed by atoms with Crippen molar-refractivity contribution in [1.29, 1.82) is 0 Å². The van der Waals surface area contributed by atoms with Gasteiger partial charge in [0.05, 0.1) is 28.1 Å². The van der Waals surface area contributed by atoms with Crippen LogP contribution in [0.1, 0.15) is 44.2 Å². The fourth-order valence-electron chi connectivity index (χ4n) is 3.97. The van der Waals surface area contributed by atoms with Gasteiger partial charge < -0.3 is 14.8 Å². The average molecular weight is 506 g/mol. The third kappa shape index (κ3) is 3.80. The first-order valence-electron chi connectivity index (χ1n) is 9.32. The number of nitrogens with one attached hydrogen (secondary N) is 1. The number of anilines is 1. The molecule has 4 rings (SSSR count). The monoisotopic (exact) mass is 506 g/mol. The van der Waals surface area contributed by atoms with Crippen LogP contribution < -0.4 is 5.32 Å². The second-order valence-electron chi connectivity index (χ2n) is 7.26. The first-order chi connectivity index (χ1) is 13.4. The van der Waals surface area contributed by atoms with E-state index in [2.05, 4.69) is 15.4 Å². The molecule has 28 heavy (non-hydrogen) atoms. The molecule has 10 heteroatoms. The molecule has 0 radical (unpaired) electrons. The van der Waals surface area contributed by atoms with E-state index in [1.54, 1.807) is 0 Å². The van der Waals surface area contributed by atoms with Crippen LogP contribution in [0.15, 0.2) is 6.20 Å². The van der Waals surface area contributed by atoms with Gasteiger partial charge in [0.2, 0.25) is 5.95 Å². The predicted molar refractivity (Wildman–Crippen MR) is 106 cm³/mol. The number of fused-ring (bicyclic) bond motifs is 1. The lowest BCUT2D eigenvalue weighted by Gasteiger charge is -2.31. The highest BCUT2D eigenvalue weighted by atomic mass is 127. The summed E-state index contributed by atoms with van der Waals surface area (Å²) in [7, 11) is 0. The molecular formula is C18H21F2IN4O3. The summed E-state index contributed by atoms with van der Waals surface area (Å²) < 4.78 is 41.1. The van der Waals surface area contributed by atoms with Gasteiger partial charge in [-0.05, 0) is 48.3 Å². The standard InChI is InChI=1S/C18H21F2IN4O3/c1-9(26)28-14-8-27-5-4-12(14)23-18-22-7-13-15(20)16(21)17(25(13)24-18)10-2-3-11(19)6-10/h7,10-12,14H,2-6,8H2,1H3,(H,23,24)/t10?,11?,12-,14-/m1/s1. The second kappa shape index (κ2) is 8.05. The minimum atomic E-state index is -0.861. The van der Waals surface area contributed by atoms with Crippen LogP contribution in [0, 0.1) is 9.39 Å². The summed E-state index contributed by atoms with van der Waals surface area (Å²) in [6.45, 7) is 2.17. The maximum atomic E-state index is 14.7. The van der Waals surface area contributed by atoms with Crippen LogP contribution in [0.3, 0.4) is 0 Å². The Hall–Kier alpha value is -1.56. The molecule has 0 amide bonds. The number of halogens is 3. The highest BCUT2D eigenvalue weighted by Crippen LogP contribution is 2.40. The molecule has 2 fully saturated rings. The van der Waals surface area contributed by atoms with Gasteiger partial charge in [0.1, 0.15) is 17.8 Å². The third-order valence-corrected chi connectivity index (χ3v) is 6.32. The molecule has 0 bridgehead atoms. The molecule has 0 spiro atoms. The average Bonchev–Trinajstić information content (AvgIpc) is 3.18. The molecule has 7 nitrogen and oxygen atoms in total. The van der Waals surface area contributed by atoms with Crippen molar-refractivity contribution in [2.45, 2.75) is 56.8 Å². The van der Waals surface area contributed by atoms with Crippen molar-refractivity contribution in [3.63, 3.8) is 0 Å². The van der Waals surface area contributed by atoms with Gasteiger partial charge in [-0.1, -0.05) is 0 Å². The number of esters is 1. The molecule has 4 atom stereocenters. The summed E-state index contributed by atoms with van der Waals surface area (Å²) in [5.74, 6) is -0.532. The van der Waals surface area contributed by atoms with Gasteiger partial charge in [0.15, 0.2) is 5.82 Å². The molecule has 1 aliphatic heterocycles. The van der Waals surface area contributed by atoms with E-state index in [9.17, 15) is 13.6 Å². The zero-order valence-corrected chi connectivity index (χ0v) is 17.5. The Bertz CT molecular complexity index is 893. The molecule has 2 aliphatic rings. The maximum Gasteiger partial charge on any atom is 0.303 e. The zero-order chi connectivity index (χ0) is 19.8. The lowest BCUT2D eigenvalue weighted by Crippen LogP contribution is -2.44. The number of alkyl halides is 1. The van der Waals surface area contributed by atoms with E-state index in [0.29, 0.717) is 54.1 Å². The summed E-state index contributed by atoms with van der Waals surface area (Å²) in [4.78, 5) is 15.6. The van der Waals surface area contributed by atoms with Crippen molar-refractivity contribution in [3.05, 3.63) is 21.3 Å². The van der Waals surface area contributed by atoms with Crippen molar-refractivity contribution in [2.75, 3.05) is 18.5 Å². The second-order valence-corrected chi connectivity index (χ2v) is 8.34. The molecule has 152 valence electrons. The molecule has 2 unspecified atom stereocenters. The Kier molecular flexibility index (Phi) is 5.68. The van der Waals surface area contributed by atoms with Gasteiger partial charge in [-0.25, -0.2) is 18.3 Å². The van der Waals surface area contributed by atoms with E-state index >= 15 is 0 Å². The van der Waals surface area contributed by atoms with E-state index < -0.39 is 12.3 Å². The van der Waals surface area contributed by atoms with Gasteiger partial charge in [0.25, 0.3) is 0 Å². The third-order valence-electron chi connectivity index (χ3n) is 5.29. The number of rotatable bonds is 4. The van der Waals surface area contributed by atoms with Crippen LogP contribution in [0.2, 0.25) is 0 Å². The molecule has 2 aromatic rings. The first-order valence-corrected chi connectivity index (χ1v) is 10.4. The summed E-state index contributed by atoms with van der Waals surface area (Å²) >= 11 is 1.96. The highest BCUT2D eigenvalue weighted by molar-refractivity contribution is 14.1. The molecule has 3 heterocycles. The molecule has 1 saturated carbocycles.